The summed E-state index contributed by atoms with van der Waals surface area (Å²) < 4.78 is 82.3. The van der Waals surface area contributed by atoms with E-state index in [4.69, 9.17) is 15.2 Å². The van der Waals surface area contributed by atoms with Crippen molar-refractivity contribution in [1.82, 2.24) is 19.9 Å². The largest absolute Gasteiger partial charge is 0.464 e. The number of likely N-dealkylation sites (N-methyl/N-ethyl adjacent to an activating group) is 1. The normalized spacial score (nSPS) is 12.3. The Morgan fingerprint density at radius 3 is 1.84 bits per heavy atom. The van der Waals surface area contributed by atoms with Crippen LogP contribution in [0.1, 0.15) is 24.5 Å². The predicted molar refractivity (Wildman–Crippen MR) is 236 cm³/mol. The fraction of sp³-hybridized carbons (Fsp3) is 0.175. The van der Waals surface area contributed by atoms with Crippen molar-refractivity contribution < 1.29 is 35.4 Å². The average molecular weight is 872 g/mol. The highest BCUT2D eigenvalue weighted by atomic mass is 32.2. The number of hydrogen-bond donors (Lipinski definition) is 7. The summed E-state index contributed by atoms with van der Waals surface area (Å²) in [6.07, 6.45) is 3.20. The SMILES string of the molecule is C=C(/N=C(\N=C(/N)OCCN(C)C)Nc1ccc(/C=C/c2ccc(Nc3nc(Nc4ccccc4)nc(OCCC)n3)cc2S(=O)(=O)O)c(S(=O)(=O)O)c1)Nc1ccccc1. The van der Waals surface area contributed by atoms with Crippen molar-refractivity contribution >= 4 is 79.0 Å². The van der Waals surface area contributed by atoms with E-state index < -0.39 is 30.0 Å². The van der Waals surface area contributed by atoms with Gasteiger partial charge in [0.25, 0.3) is 26.3 Å². The van der Waals surface area contributed by atoms with Crippen molar-refractivity contribution in [3.8, 4) is 6.01 Å². The molecule has 0 radical (unpaired) electrons. The molecule has 0 atom stereocenters. The monoisotopic (exact) mass is 871 g/mol. The second-order valence-electron chi connectivity index (χ2n) is 13.1. The number of amidine groups is 1. The van der Waals surface area contributed by atoms with Gasteiger partial charge in [0.2, 0.25) is 17.9 Å². The summed E-state index contributed by atoms with van der Waals surface area (Å²) in [6, 6.07) is 25.9. The number of rotatable bonds is 18. The van der Waals surface area contributed by atoms with Gasteiger partial charge in [0.15, 0.2) is 0 Å². The minimum absolute atomic E-state index is 0.00538. The van der Waals surface area contributed by atoms with Crippen LogP contribution in [0.4, 0.5) is 34.6 Å². The Hall–Kier alpha value is -6.91. The van der Waals surface area contributed by atoms with Gasteiger partial charge < -0.3 is 41.4 Å². The van der Waals surface area contributed by atoms with Gasteiger partial charge in [-0.2, -0.15) is 41.8 Å². The number of anilines is 6. The highest BCUT2D eigenvalue weighted by Gasteiger charge is 2.19. The Morgan fingerprint density at radius 1 is 0.738 bits per heavy atom. The van der Waals surface area contributed by atoms with Crippen LogP contribution in [0.2, 0.25) is 0 Å². The predicted octanol–water partition coefficient (Wildman–Crippen LogP) is 6.06. The molecule has 1 heterocycles. The number of ether oxygens (including phenoxy) is 2. The molecule has 21 heteroatoms. The number of nitrogens with one attached hydrogen (secondary N) is 4. The second-order valence-corrected chi connectivity index (χ2v) is 15.9. The molecule has 0 unspecified atom stereocenters. The van der Waals surface area contributed by atoms with E-state index in [1.165, 1.54) is 36.4 Å². The van der Waals surface area contributed by atoms with E-state index >= 15 is 0 Å². The topological polar surface area (TPSA) is 268 Å². The summed E-state index contributed by atoms with van der Waals surface area (Å²) in [4.78, 5) is 22.3. The summed E-state index contributed by atoms with van der Waals surface area (Å²) >= 11 is 0. The van der Waals surface area contributed by atoms with Gasteiger partial charge in [0.05, 0.1) is 6.61 Å². The maximum Gasteiger partial charge on any atom is 0.323 e. The third kappa shape index (κ3) is 14.4. The van der Waals surface area contributed by atoms with E-state index in [0.29, 0.717) is 30.9 Å². The first-order valence-corrected chi connectivity index (χ1v) is 21.3. The molecule has 0 fully saturated rings. The molecule has 61 heavy (non-hydrogen) atoms. The zero-order valence-electron chi connectivity index (χ0n) is 33.3. The van der Waals surface area contributed by atoms with E-state index in [1.807, 2.05) is 74.4 Å². The number of guanidine groups is 1. The van der Waals surface area contributed by atoms with Gasteiger partial charge in [-0.05, 0) is 80.2 Å². The van der Waals surface area contributed by atoms with E-state index in [0.717, 1.165) is 12.1 Å². The molecule has 1 aromatic heterocycles. The average Bonchev–Trinajstić information content (AvgIpc) is 3.19. The molecule has 0 amide bonds. The third-order valence-corrected chi connectivity index (χ3v) is 9.74. The first-order valence-electron chi connectivity index (χ1n) is 18.4. The number of nitrogens with two attached hydrogens (primary N) is 1. The molecule has 4 aromatic carbocycles. The molecule has 0 aliphatic carbocycles. The van der Waals surface area contributed by atoms with Gasteiger partial charge in [0.1, 0.15) is 22.2 Å². The van der Waals surface area contributed by atoms with Gasteiger partial charge in [-0.25, -0.2) is 0 Å². The maximum absolute atomic E-state index is 12.7. The smallest absolute Gasteiger partial charge is 0.323 e. The molecular weight excluding hydrogens is 827 g/mol. The highest BCUT2D eigenvalue weighted by molar-refractivity contribution is 7.86. The Kier molecular flexibility index (Phi) is 15.5. The molecule has 0 bridgehead atoms. The third-order valence-electron chi connectivity index (χ3n) is 7.93. The molecule has 0 aliphatic rings. The minimum Gasteiger partial charge on any atom is -0.464 e. The van der Waals surface area contributed by atoms with Gasteiger partial charge in [0, 0.05) is 29.3 Å². The fourth-order valence-corrected chi connectivity index (χ4v) is 6.57. The first-order chi connectivity index (χ1) is 29.0. The van der Waals surface area contributed by atoms with Gasteiger partial charge in [-0.1, -0.05) is 74.2 Å². The van der Waals surface area contributed by atoms with E-state index in [1.54, 1.807) is 12.1 Å². The van der Waals surface area contributed by atoms with Crippen LogP contribution in [0.15, 0.2) is 129 Å². The summed E-state index contributed by atoms with van der Waals surface area (Å²) in [5.41, 5.74) is 7.61. The molecule has 5 aromatic rings. The van der Waals surface area contributed by atoms with Crippen molar-refractivity contribution in [3.05, 3.63) is 121 Å². The number of aromatic nitrogens is 3. The zero-order valence-corrected chi connectivity index (χ0v) is 35.0. The minimum atomic E-state index is -4.88. The van der Waals surface area contributed by atoms with Crippen LogP contribution in [-0.2, 0) is 25.0 Å². The molecule has 5 rings (SSSR count). The number of benzene rings is 4. The van der Waals surface area contributed by atoms with Crippen LogP contribution in [0.3, 0.4) is 0 Å². The van der Waals surface area contributed by atoms with Crippen LogP contribution < -0.4 is 31.7 Å². The lowest BCUT2D eigenvalue weighted by Crippen LogP contribution is -2.26. The van der Waals surface area contributed by atoms with Gasteiger partial charge in [-0.15, -0.1) is 0 Å². The Morgan fingerprint density at radius 2 is 1.28 bits per heavy atom. The summed E-state index contributed by atoms with van der Waals surface area (Å²) in [5, 5.41) is 11.9. The quantitative estimate of drug-likeness (QED) is 0.0228. The lowest BCUT2D eigenvalue weighted by molar-refractivity contribution is 0.249. The van der Waals surface area contributed by atoms with Crippen molar-refractivity contribution in [3.63, 3.8) is 0 Å². The molecular formula is C40H45N11O8S2. The van der Waals surface area contributed by atoms with Gasteiger partial charge in [-0.3, -0.25) is 9.11 Å². The maximum atomic E-state index is 12.7. The Balaban J connectivity index is 1.43. The van der Waals surface area contributed by atoms with Crippen molar-refractivity contribution in [1.29, 1.82) is 0 Å². The number of hydrogen-bond acceptors (Lipinski definition) is 14. The summed E-state index contributed by atoms with van der Waals surface area (Å²) in [5.74, 6) is 0.159. The van der Waals surface area contributed by atoms with Crippen molar-refractivity contribution in [2.75, 3.05) is 55.1 Å². The van der Waals surface area contributed by atoms with Crippen LogP contribution >= 0.6 is 0 Å². The van der Waals surface area contributed by atoms with E-state index in [9.17, 15) is 25.9 Å². The fourth-order valence-electron chi connectivity index (χ4n) is 5.16. The molecule has 8 N–H and O–H groups in total. The summed E-state index contributed by atoms with van der Waals surface area (Å²) in [6.45, 7) is 6.91. The molecule has 0 aliphatic heterocycles. The van der Waals surface area contributed by atoms with Crippen LogP contribution in [0.25, 0.3) is 12.2 Å². The standard InChI is InChI=1S/C40H45N11O8S2/c1-5-23-59-40-49-38(44-31-14-10-7-11-15-31)48-39(50-40)46-33-21-19-29(35(26-33)61(55,56)57)17-16-28-18-20-32(25-34(28)60(52,53)54)45-37(47-36(41)58-24-22-51(3)4)43-27(2)42-30-12-8-6-9-13-30/h6-21,25-26,42H,2,5,22-24H2,1,3-4H3,(H,52,53,54)(H,55,56,57)(H3,41,43,45,47)(H2,44,46,48,49,50)/b17-16+. The lowest BCUT2D eigenvalue weighted by Gasteiger charge is -2.13. The highest BCUT2D eigenvalue weighted by Crippen LogP contribution is 2.28. The number of para-hydroxylation sites is 2. The van der Waals surface area contributed by atoms with Crippen molar-refractivity contribution in [2.45, 2.75) is 23.1 Å². The lowest BCUT2D eigenvalue weighted by atomic mass is 10.1. The van der Waals surface area contributed by atoms with Crippen molar-refractivity contribution in [2.24, 2.45) is 15.7 Å². The van der Waals surface area contributed by atoms with E-state index in [2.05, 4.69) is 52.8 Å². The Bertz CT molecular complexity index is 2630. The molecule has 320 valence electrons. The molecule has 19 nitrogen and oxygen atoms in total. The second kappa shape index (κ2) is 20.9. The van der Waals surface area contributed by atoms with Crippen LogP contribution in [0.5, 0.6) is 6.01 Å². The summed E-state index contributed by atoms with van der Waals surface area (Å²) in [7, 11) is -6.01. The molecule has 0 saturated heterocycles. The van der Waals surface area contributed by atoms with Gasteiger partial charge >= 0.3 is 6.01 Å². The Labute approximate surface area is 353 Å². The van der Waals surface area contributed by atoms with E-state index in [-0.39, 0.29) is 64.8 Å². The van der Waals surface area contributed by atoms with Crippen LogP contribution in [0, 0.1) is 0 Å². The number of aliphatic imine (C=N–C) groups is 2. The first kappa shape index (κ1) is 45.2. The molecule has 0 saturated carbocycles. The van der Waals surface area contributed by atoms with Crippen LogP contribution in [-0.4, -0.2) is 91.6 Å². The molecule has 0 spiro atoms. The zero-order chi connectivity index (χ0) is 44.0. The number of nitrogens with zero attached hydrogens (tertiary/aromatic N) is 6.